The molecule has 2 atom stereocenters. The van der Waals surface area contributed by atoms with Gasteiger partial charge in [0, 0.05) is 26.2 Å². The minimum Gasteiger partial charge on any atom is -0.449 e. The number of ether oxygens (including phenoxy) is 1. The predicted molar refractivity (Wildman–Crippen MR) is 120 cm³/mol. The molecule has 32 heavy (non-hydrogen) atoms. The van der Waals surface area contributed by atoms with Gasteiger partial charge in [0.1, 0.15) is 5.69 Å². The van der Waals surface area contributed by atoms with Crippen molar-refractivity contribution in [3.63, 3.8) is 0 Å². The quantitative estimate of drug-likeness (QED) is 0.413. The van der Waals surface area contributed by atoms with Crippen LogP contribution in [0.15, 0.2) is 18.2 Å². The number of nitrogens with one attached hydrogen (secondary N) is 1. The first-order valence-corrected chi connectivity index (χ1v) is 10.6. The highest BCUT2D eigenvalue weighted by atomic mass is 16.6. The molecule has 1 aromatic heterocycles. The van der Waals surface area contributed by atoms with E-state index in [0.29, 0.717) is 23.0 Å². The lowest BCUT2D eigenvalue weighted by atomic mass is 9.99. The molecule has 0 saturated carbocycles. The van der Waals surface area contributed by atoms with Crippen LogP contribution in [0.3, 0.4) is 0 Å². The van der Waals surface area contributed by atoms with Gasteiger partial charge in [0.2, 0.25) is 0 Å². The molecule has 1 aromatic carbocycles. The van der Waals surface area contributed by atoms with Crippen molar-refractivity contribution >= 4 is 28.9 Å². The van der Waals surface area contributed by atoms with Gasteiger partial charge in [-0.05, 0) is 51.7 Å². The molecule has 0 spiro atoms. The van der Waals surface area contributed by atoms with Gasteiger partial charge < -0.3 is 15.0 Å². The predicted octanol–water partition coefficient (Wildman–Crippen LogP) is 3.37. The molecule has 1 fully saturated rings. The fourth-order valence-corrected chi connectivity index (χ4v) is 3.93. The maximum absolute atomic E-state index is 12.6. The number of carbonyl (C=O) groups is 2. The number of aryl methyl sites for hydroxylation is 2. The zero-order valence-corrected chi connectivity index (χ0v) is 19.0. The van der Waals surface area contributed by atoms with Crippen LogP contribution in [0.25, 0.3) is 0 Å². The molecule has 0 unspecified atom stereocenters. The van der Waals surface area contributed by atoms with Crippen molar-refractivity contribution in [1.29, 1.82) is 0 Å². The van der Waals surface area contributed by atoms with Gasteiger partial charge in [0.05, 0.1) is 27.6 Å². The highest BCUT2D eigenvalue weighted by molar-refractivity contribution is 5.98. The number of nitro groups is 1. The molecular weight excluding hydrogens is 414 g/mol. The van der Waals surface area contributed by atoms with Crippen molar-refractivity contribution in [1.82, 2.24) is 9.78 Å². The lowest BCUT2D eigenvalue weighted by molar-refractivity contribution is -0.384. The van der Waals surface area contributed by atoms with Crippen LogP contribution in [0.1, 0.15) is 48.4 Å². The van der Waals surface area contributed by atoms with Crippen molar-refractivity contribution in [2.24, 2.45) is 13.0 Å². The van der Waals surface area contributed by atoms with Crippen LogP contribution >= 0.6 is 0 Å². The van der Waals surface area contributed by atoms with E-state index in [1.165, 1.54) is 19.1 Å². The minimum atomic E-state index is -1.09. The van der Waals surface area contributed by atoms with Crippen LogP contribution < -0.4 is 10.2 Å². The highest BCUT2D eigenvalue weighted by Gasteiger charge is 2.27. The van der Waals surface area contributed by atoms with Gasteiger partial charge >= 0.3 is 5.97 Å². The van der Waals surface area contributed by atoms with Crippen molar-refractivity contribution in [2.45, 2.75) is 46.6 Å². The van der Waals surface area contributed by atoms with E-state index in [1.54, 1.807) is 24.7 Å². The third-order valence-electron chi connectivity index (χ3n) is 5.82. The van der Waals surface area contributed by atoms with Crippen molar-refractivity contribution in [3.05, 3.63) is 45.3 Å². The maximum Gasteiger partial charge on any atom is 0.339 e. The molecule has 172 valence electrons. The minimum absolute atomic E-state index is 0.0268. The van der Waals surface area contributed by atoms with Crippen LogP contribution in [0.2, 0.25) is 0 Å². The van der Waals surface area contributed by atoms with E-state index in [4.69, 9.17) is 4.74 Å². The number of anilines is 2. The topological polar surface area (TPSA) is 120 Å². The first-order valence-electron chi connectivity index (χ1n) is 10.6. The van der Waals surface area contributed by atoms with Crippen LogP contribution in [0.4, 0.5) is 17.1 Å². The van der Waals surface area contributed by atoms with Crippen molar-refractivity contribution < 1.29 is 19.2 Å². The molecule has 1 N–H and O–H groups in total. The molecule has 1 aliphatic heterocycles. The first-order chi connectivity index (χ1) is 15.1. The Morgan fingerprint density at radius 1 is 1.34 bits per heavy atom. The third-order valence-corrected chi connectivity index (χ3v) is 5.82. The average Bonchev–Trinajstić information content (AvgIpc) is 2.99. The smallest absolute Gasteiger partial charge is 0.339 e. The standard InChI is InChI=1S/C22H29N5O5/c1-13-7-6-10-26(12-13)18-9-8-17(11-19(18)27(30)31)22(29)32-16(4)21(28)23-20-14(2)24-25(5)15(20)3/h8-9,11,13,16H,6-7,10,12H2,1-5H3,(H,23,28)/t13-,16+/m0/s1. The summed E-state index contributed by atoms with van der Waals surface area (Å²) in [6, 6.07) is 4.31. The van der Waals surface area contributed by atoms with E-state index in [2.05, 4.69) is 17.3 Å². The van der Waals surface area contributed by atoms with Gasteiger partial charge in [-0.3, -0.25) is 19.6 Å². The van der Waals surface area contributed by atoms with Gasteiger partial charge in [0.15, 0.2) is 6.10 Å². The third kappa shape index (κ3) is 4.90. The van der Waals surface area contributed by atoms with E-state index in [9.17, 15) is 19.7 Å². The monoisotopic (exact) mass is 443 g/mol. The van der Waals surface area contributed by atoms with E-state index < -0.39 is 22.9 Å². The summed E-state index contributed by atoms with van der Waals surface area (Å²) in [6.45, 7) is 8.62. The Kier molecular flexibility index (Phi) is 6.81. The molecule has 0 radical (unpaired) electrons. The molecule has 1 amide bonds. The number of hydrogen-bond donors (Lipinski definition) is 1. The summed E-state index contributed by atoms with van der Waals surface area (Å²) in [7, 11) is 1.77. The zero-order valence-electron chi connectivity index (χ0n) is 19.0. The number of aromatic nitrogens is 2. The van der Waals surface area contributed by atoms with Crippen LogP contribution in [-0.4, -0.2) is 45.8 Å². The fraction of sp³-hybridized carbons (Fsp3) is 0.500. The van der Waals surface area contributed by atoms with E-state index in [-0.39, 0.29) is 11.3 Å². The Morgan fingerprint density at radius 2 is 2.06 bits per heavy atom. The average molecular weight is 444 g/mol. The number of nitro benzene ring substituents is 1. The molecule has 0 bridgehead atoms. The molecule has 0 aliphatic carbocycles. The highest BCUT2D eigenvalue weighted by Crippen LogP contribution is 2.32. The first kappa shape index (κ1) is 23.2. The maximum atomic E-state index is 12.6. The largest absolute Gasteiger partial charge is 0.449 e. The number of esters is 1. The molecule has 1 saturated heterocycles. The van der Waals surface area contributed by atoms with Crippen LogP contribution in [0, 0.1) is 29.9 Å². The van der Waals surface area contributed by atoms with Gasteiger partial charge in [-0.2, -0.15) is 5.10 Å². The molecule has 2 heterocycles. The van der Waals surface area contributed by atoms with Crippen LogP contribution in [0.5, 0.6) is 0 Å². The second kappa shape index (κ2) is 9.37. The summed E-state index contributed by atoms with van der Waals surface area (Å²) in [6.07, 6.45) is 0.959. The Morgan fingerprint density at radius 3 is 2.66 bits per heavy atom. The number of carbonyl (C=O) groups excluding carboxylic acids is 2. The molecule has 3 rings (SSSR count). The summed E-state index contributed by atoms with van der Waals surface area (Å²) < 4.78 is 6.92. The molecule has 2 aromatic rings. The molecule has 10 nitrogen and oxygen atoms in total. The summed E-state index contributed by atoms with van der Waals surface area (Å²) >= 11 is 0. The van der Waals surface area contributed by atoms with Crippen LogP contribution in [-0.2, 0) is 16.6 Å². The SMILES string of the molecule is Cc1nn(C)c(C)c1NC(=O)[C@@H](C)OC(=O)c1ccc(N2CCC[C@H](C)C2)c([N+](=O)[O-])c1. The normalized spacial score (nSPS) is 17.0. The molecule has 10 heteroatoms. The Labute approximate surface area is 186 Å². The number of amides is 1. The van der Waals surface area contributed by atoms with Gasteiger partial charge in [-0.15, -0.1) is 0 Å². The van der Waals surface area contributed by atoms with E-state index in [0.717, 1.165) is 31.6 Å². The lowest BCUT2D eigenvalue weighted by Gasteiger charge is -2.32. The number of piperidine rings is 1. The number of rotatable bonds is 6. The number of nitrogens with zero attached hydrogens (tertiary/aromatic N) is 4. The fourth-order valence-electron chi connectivity index (χ4n) is 3.93. The molecule has 1 aliphatic rings. The van der Waals surface area contributed by atoms with E-state index in [1.807, 2.05) is 11.8 Å². The summed E-state index contributed by atoms with van der Waals surface area (Å²) in [4.78, 5) is 38.3. The van der Waals surface area contributed by atoms with Gasteiger partial charge in [-0.1, -0.05) is 6.92 Å². The van der Waals surface area contributed by atoms with Crippen molar-refractivity contribution in [3.8, 4) is 0 Å². The summed E-state index contributed by atoms with van der Waals surface area (Å²) in [5.74, 6) is -0.862. The van der Waals surface area contributed by atoms with Gasteiger partial charge in [0.25, 0.3) is 11.6 Å². The lowest BCUT2D eigenvalue weighted by Crippen LogP contribution is -2.34. The second-order valence-electron chi connectivity index (χ2n) is 8.36. The number of hydrogen-bond acceptors (Lipinski definition) is 7. The number of benzene rings is 1. The van der Waals surface area contributed by atoms with Crippen molar-refractivity contribution in [2.75, 3.05) is 23.3 Å². The zero-order chi connectivity index (χ0) is 23.6. The molecular formula is C22H29N5O5. The Hall–Kier alpha value is -3.43. The Balaban J connectivity index is 1.73. The summed E-state index contributed by atoms with van der Waals surface area (Å²) in [5, 5.41) is 18.6. The Bertz CT molecular complexity index is 1050. The van der Waals surface area contributed by atoms with E-state index >= 15 is 0 Å². The summed E-state index contributed by atoms with van der Waals surface area (Å²) in [5.41, 5.74) is 2.36. The second-order valence-corrected chi connectivity index (χ2v) is 8.36. The van der Waals surface area contributed by atoms with Gasteiger partial charge in [-0.25, -0.2) is 4.79 Å².